The monoisotopic (exact) mass is 364 g/mol. The van der Waals surface area contributed by atoms with Crippen molar-refractivity contribution in [1.82, 2.24) is 9.58 Å². The maximum atomic E-state index is 12.0. The Balaban J connectivity index is 1.84. The first-order valence-electron chi connectivity index (χ1n) is 8.67. The summed E-state index contributed by atoms with van der Waals surface area (Å²) in [6.07, 6.45) is 3.54. The molecule has 0 spiro atoms. The van der Waals surface area contributed by atoms with E-state index in [-0.39, 0.29) is 5.78 Å². The molecule has 4 N–H and O–H groups in total. The summed E-state index contributed by atoms with van der Waals surface area (Å²) in [6, 6.07) is 15.6. The van der Waals surface area contributed by atoms with Gasteiger partial charge in [-0.05, 0) is 30.7 Å². The van der Waals surface area contributed by atoms with Gasteiger partial charge in [-0.15, -0.1) is 0 Å². The van der Waals surface area contributed by atoms with Crippen molar-refractivity contribution >= 4 is 16.7 Å². The van der Waals surface area contributed by atoms with Gasteiger partial charge in [0.1, 0.15) is 5.75 Å². The Kier molecular flexibility index (Phi) is 5.47. The average Bonchev–Trinajstić information content (AvgIpc) is 3.00. The van der Waals surface area contributed by atoms with Gasteiger partial charge in [-0.2, -0.15) is 0 Å². The average molecular weight is 364 g/mol. The fourth-order valence-corrected chi connectivity index (χ4v) is 3.10. The number of methoxy groups -OCH3 is 1. The van der Waals surface area contributed by atoms with Gasteiger partial charge < -0.3 is 20.0 Å². The van der Waals surface area contributed by atoms with Gasteiger partial charge in [0.15, 0.2) is 5.78 Å². The van der Waals surface area contributed by atoms with Gasteiger partial charge >= 0.3 is 0 Å². The fourth-order valence-electron chi connectivity index (χ4n) is 3.10. The number of nitrogens with two attached hydrogens (primary N) is 2. The second kappa shape index (κ2) is 7.97. The molecule has 0 bridgehead atoms. The minimum Gasteiger partial charge on any atom is -0.497 e. The van der Waals surface area contributed by atoms with Crippen LogP contribution in [0.3, 0.4) is 0 Å². The number of ketones is 1. The van der Waals surface area contributed by atoms with Crippen LogP contribution in [0.15, 0.2) is 66.6 Å². The molecule has 0 saturated heterocycles. The van der Waals surface area contributed by atoms with E-state index < -0.39 is 0 Å². The molecule has 0 saturated carbocycles. The Hall–Kier alpha value is -3.25. The summed E-state index contributed by atoms with van der Waals surface area (Å²) >= 11 is 0. The first-order chi connectivity index (χ1) is 13.0. The molecule has 140 valence electrons. The summed E-state index contributed by atoms with van der Waals surface area (Å²) in [5.74, 6) is 6.77. The summed E-state index contributed by atoms with van der Waals surface area (Å²) < 4.78 is 7.23. The van der Waals surface area contributed by atoms with Crippen LogP contribution in [0.5, 0.6) is 5.75 Å². The van der Waals surface area contributed by atoms with E-state index in [0.29, 0.717) is 30.1 Å². The molecule has 6 nitrogen and oxygen atoms in total. The summed E-state index contributed by atoms with van der Waals surface area (Å²) in [4.78, 5) is 12.0. The molecule has 0 fully saturated rings. The molecule has 0 aliphatic rings. The standard InChI is InChI=1S/C21H24N4O2/c1-15(26)20-14-24(21-9-8-18(27-2)10-19(20)21)12-17(22)13-25(23)11-16-6-4-3-5-7-16/h3-10,13-14H,11-12,22-23H2,1-2H3/b17-13-. The normalized spacial score (nSPS) is 11.6. The highest BCUT2D eigenvalue weighted by Gasteiger charge is 2.13. The summed E-state index contributed by atoms with van der Waals surface area (Å²) in [5.41, 5.74) is 9.46. The lowest BCUT2D eigenvalue weighted by atomic mass is 10.1. The van der Waals surface area contributed by atoms with Crippen LogP contribution in [-0.4, -0.2) is 22.5 Å². The number of hydrogen-bond acceptors (Lipinski definition) is 5. The van der Waals surface area contributed by atoms with E-state index >= 15 is 0 Å². The topological polar surface area (TPSA) is 86.5 Å². The maximum Gasteiger partial charge on any atom is 0.161 e. The van der Waals surface area contributed by atoms with E-state index in [4.69, 9.17) is 16.3 Å². The van der Waals surface area contributed by atoms with Crippen LogP contribution in [0, 0.1) is 0 Å². The first kappa shape index (κ1) is 18.5. The Morgan fingerprint density at radius 1 is 1.22 bits per heavy atom. The number of hydrazine groups is 1. The van der Waals surface area contributed by atoms with Crippen LogP contribution in [0.4, 0.5) is 0 Å². The number of nitrogens with zero attached hydrogens (tertiary/aromatic N) is 2. The smallest absolute Gasteiger partial charge is 0.161 e. The predicted octanol–water partition coefficient (Wildman–Crippen LogP) is 3.03. The van der Waals surface area contributed by atoms with Crippen LogP contribution in [-0.2, 0) is 13.1 Å². The van der Waals surface area contributed by atoms with Crippen LogP contribution in [0.1, 0.15) is 22.8 Å². The van der Waals surface area contributed by atoms with Crippen LogP contribution in [0.2, 0.25) is 0 Å². The number of Topliss-reactive ketones (excluding diaryl/α,β-unsaturated/α-hetero) is 1. The molecule has 27 heavy (non-hydrogen) atoms. The number of hydrogen-bond donors (Lipinski definition) is 2. The highest BCUT2D eigenvalue weighted by molar-refractivity contribution is 6.07. The quantitative estimate of drug-likeness (QED) is 0.382. The largest absolute Gasteiger partial charge is 0.497 e. The Labute approximate surface area is 158 Å². The third-order valence-corrected chi connectivity index (χ3v) is 4.36. The Morgan fingerprint density at radius 3 is 2.63 bits per heavy atom. The van der Waals surface area contributed by atoms with E-state index in [1.165, 1.54) is 0 Å². The lowest BCUT2D eigenvalue weighted by molar-refractivity contribution is 0.101. The van der Waals surface area contributed by atoms with Gasteiger partial charge in [0.25, 0.3) is 0 Å². The Morgan fingerprint density at radius 2 is 1.96 bits per heavy atom. The minimum absolute atomic E-state index is 0.000849. The molecule has 0 amide bonds. The Bertz CT molecular complexity index is 977. The number of benzene rings is 2. The second-order valence-corrected chi connectivity index (χ2v) is 6.47. The molecular weight excluding hydrogens is 340 g/mol. The molecule has 0 aliphatic carbocycles. The van der Waals surface area contributed by atoms with E-state index in [1.807, 2.05) is 59.3 Å². The third-order valence-electron chi connectivity index (χ3n) is 4.36. The van der Waals surface area contributed by atoms with Crippen molar-refractivity contribution in [2.75, 3.05) is 7.11 Å². The van der Waals surface area contributed by atoms with E-state index in [0.717, 1.165) is 16.5 Å². The van der Waals surface area contributed by atoms with Gasteiger partial charge in [-0.3, -0.25) is 4.79 Å². The third kappa shape index (κ3) is 4.30. The summed E-state index contributed by atoms with van der Waals surface area (Å²) in [6.45, 7) is 2.54. The summed E-state index contributed by atoms with van der Waals surface area (Å²) in [5, 5.41) is 2.41. The van der Waals surface area contributed by atoms with Crippen LogP contribution < -0.4 is 16.3 Å². The van der Waals surface area contributed by atoms with Gasteiger partial charge in [-0.1, -0.05) is 30.3 Å². The van der Waals surface area contributed by atoms with E-state index in [1.54, 1.807) is 25.2 Å². The number of carbonyl (C=O) groups excluding carboxylic acids is 1. The molecule has 0 radical (unpaired) electrons. The second-order valence-electron chi connectivity index (χ2n) is 6.47. The van der Waals surface area contributed by atoms with Crippen LogP contribution in [0.25, 0.3) is 10.9 Å². The molecular formula is C21H24N4O2. The van der Waals surface area contributed by atoms with Gasteiger partial charge in [0, 0.05) is 34.6 Å². The number of fused-ring (bicyclic) bond motifs is 1. The zero-order valence-electron chi connectivity index (χ0n) is 15.6. The van der Waals surface area contributed by atoms with E-state index in [2.05, 4.69) is 0 Å². The highest BCUT2D eigenvalue weighted by atomic mass is 16.5. The number of rotatable bonds is 7. The lowest BCUT2D eigenvalue weighted by Crippen LogP contribution is -2.26. The predicted molar refractivity (Wildman–Crippen MR) is 107 cm³/mol. The molecule has 3 aromatic rings. The van der Waals surface area contributed by atoms with Crippen molar-refractivity contribution < 1.29 is 9.53 Å². The number of ether oxygens (including phenoxy) is 1. The van der Waals surface area contributed by atoms with Crippen molar-refractivity contribution in [1.29, 1.82) is 0 Å². The van der Waals surface area contributed by atoms with Gasteiger partial charge in [-0.25, -0.2) is 5.84 Å². The molecule has 3 rings (SSSR count). The molecule has 1 aromatic heterocycles. The minimum atomic E-state index is -0.000849. The lowest BCUT2D eigenvalue weighted by Gasteiger charge is -2.15. The first-order valence-corrected chi connectivity index (χ1v) is 8.67. The fraction of sp³-hybridized carbons (Fsp3) is 0.190. The SMILES string of the molecule is COc1ccc2c(c1)c(C(C)=O)cn2C/C(N)=C/N(N)Cc1ccccc1. The van der Waals surface area contributed by atoms with Crippen molar-refractivity contribution in [3.8, 4) is 5.75 Å². The van der Waals surface area contributed by atoms with Crippen LogP contribution >= 0.6 is 0 Å². The van der Waals surface area contributed by atoms with Crippen molar-refractivity contribution in [2.24, 2.45) is 11.6 Å². The molecule has 2 aromatic carbocycles. The molecule has 6 heteroatoms. The number of allylic oxidation sites excluding steroid dienone is 1. The van der Waals surface area contributed by atoms with Crippen molar-refractivity contribution in [3.05, 3.63) is 77.8 Å². The zero-order chi connectivity index (χ0) is 19.4. The zero-order valence-corrected chi connectivity index (χ0v) is 15.6. The highest BCUT2D eigenvalue weighted by Crippen LogP contribution is 2.27. The number of aromatic nitrogens is 1. The molecule has 1 heterocycles. The maximum absolute atomic E-state index is 12.0. The molecule has 0 atom stereocenters. The molecule has 0 aliphatic heterocycles. The van der Waals surface area contributed by atoms with E-state index in [9.17, 15) is 4.79 Å². The summed E-state index contributed by atoms with van der Waals surface area (Å²) in [7, 11) is 1.61. The van der Waals surface area contributed by atoms with Gasteiger partial charge in [0.2, 0.25) is 0 Å². The van der Waals surface area contributed by atoms with Crippen molar-refractivity contribution in [2.45, 2.75) is 20.0 Å². The van der Waals surface area contributed by atoms with Crippen molar-refractivity contribution in [3.63, 3.8) is 0 Å². The number of carbonyl (C=O) groups is 1. The molecule has 0 unspecified atom stereocenters. The van der Waals surface area contributed by atoms with Gasteiger partial charge in [0.05, 0.1) is 20.2 Å².